The molecule has 0 bridgehead atoms. The zero-order chi connectivity index (χ0) is 32.8. The number of rotatable bonds is 17. The van der Waals surface area contributed by atoms with Gasteiger partial charge in [-0.2, -0.15) is 5.26 Å². The molecular formula is C38H49N3O3S. The van der Waals surface area contributed by atoms with Crippen molar-refractivity contribution < 1.29 is 14.9 Å². The molecule has 3 rings (SSSR count). The van der Waals surface area contributed by atoms with Gasteiger partial charge in [-0.15, -0.1) is 11.3 Å². The molecule has 45 heavy (non-hydrogen) atoms. The van der Waals surface area contributed by atoms with E-state index in [1.165, 1.54) is 20.9 Å². The zero-order valence-corrected chi connectivity index (χ0v) is 28.5. The Morgan fingerprint density at radius 1 is 0.933 bits per heavy atom. The molecule has 7 heteroatoms. The average molecular weight is 628 g/mol. The van der Waals surface area contributed by atoms with E-state index in [0.29, 0.717) is 29.9 Å². The second-order valence-electron chi connectivity index (χ2n) is 11.9. The zero-order valence-electron chi connectivity index (χ0n) is 27.7. The van der Waals surface area contributed by atoms with Crippen LogP contribution in [0.25, 0.3) is 23.1 Å². The summed E-state index contributed by atoms with van der Waals surface area (Å²) < 4.78 is 6.12. The number of aliphatic hydroxyl groups excluding tert-OH is 2. The highest BCUT2D eigenvalue weighted by molar-refractivity contribution is 7.14. The van der Waals surface area contributed by atoms with E-state index in [-0.39, 0.29) is 13.2 Å². The number of anilines is 1. The fourth-order valence-corrected chi connectivity index (χ4v) is 6.75. The van der Waals surface area contributed by atoms with Gasteiger partial charge in [0, 0.05) is 47.3 Å². The number of aliphatic hydroxyl groups is 2. The van der Waals surface area contributed by atoms with Crippen molar-refractivity contribution >= 4 is 35.3 Å². The third kappa shape index (κ3) is 9.44. The minimum Gasteiger partial charge on any atom is -0.494 e. The van der Waals surface area contributed by atoms with Gasteiger partial charge in [0.1, 0.15) is 11.4 Å². The van der Waals surface area contributed by atoms with Gasteiger partial charge in [-0.1, -0.05) is 51.0 Å². The van der Waals surface area contributed by atoms with Crippen molar-refractivity contribution in [1.82, 2.24) is 0 Å². The third-order valence-electron chi connectivity index (χ3n) is 8.09. The number of thiophene rings is 1. The van der Waals surface area contributed by atoms with Gasteiger partial charge in [0.15, 0.2) is 0 Å². The molecule has 1 aliphatic rings. The van der Waals surface area contributed by atoms with Crippen LogP contribution in [0.15, 0.2) is 52.9 Å². The molecule has 1 aliphatic heterocycles. The summed E-state index contributed by atoms with van der Waals surface area (Å²) >= 11 is 1.80. The van der Waals surface area contributed by atoms with E-state index in [1.54, 1.807) is 18.3 Å². The Labute approximate surface area is 274 Å². The Morgan fingerprint density at radius 2 is 1.49 bits per heavy atom. The molecule has 0 unspecified atom stereocenters. The van der Waals surface area contributed by atoms with Gasteiger partial charge in [-0.05, 0) is 100 Å². The van der Waals surface area contributed by atoms with Crippen LogP contribution in [0, 0.1) is 17.9 Å². The van der Waals surface area contributed by atoms with Crippen LogP contribution in [-0.2, 0) is 17.6 Å². The molecule has 0 spiro atoms. The van der Waals surface area contributed by atoms with E-state index in [2.05, 4.69) is 72.2 Å². The number of hydrogen-bond acceptors (Lipinski definition) is 6. The first-order valence-electron chi connectivity index (χ1n) is 16.2. The molecule has 0 fully saturated rings. The van der Waals surface area contributed by atoms with Crippen LogP contribution in [0.4, 0.5) is 5.69 Å². The van der Waals surface area contributed by atoms with Crippen LogP contribution in [0.2, 0.25) is 0 Å². The fourth-order valence-electron chi connectivity index (χ4n) is 5.55. The van der Waals surface area contributed by atoms with Crippen molar-refractivity contribution in [3.63, 3.8) is 0 Å². The topological polar surface area (TPSA) is 81.1 Å². The van der Waals surface area contributed by atoms with Crippen LogP contribution >= 0.6 is 11.3 Å². The Bertz CT molecular complexity index is 1470. The Morgan fingerprint density at radius 3 is 1.98 bits per heavy atom. The van der Waals surface area contributed by atoms with Gasteiger partial charge in [-0.3, -0.25) is 0 Å². The summed E-state index contributed by atoms with van der Waals surface area (Å²) in [6.07, 6.45) is 16.5. The second-order valence-corrected chi connectivity index (χ2v) is 13.0. The Balaban J connectivity index is 2.01. The van der Waals surface area contributed by atoms with Gasteiger partial charge >= 0.3 is 0 Å². The van der Waals surface area contributed by atoms with Crippen molar-refractivity contribution in [1.29, 1.82) is 5.26 Å². The third-order valence-corrected chi connectivity index (χ3v) is 9.30. The van der Waals surface area contributed by atoms with Gasteiger partial charge in [0.25, 0.3) is 0 Å². The molecule has 6 nitrogen and oxygen atoms in total. The van der Waals surface area contributed by atoms with Gasteiger partial charge in [-0.25, -0.2) is 4.85 Å². The van der Waals surface area contributed by atoms with Crippen molar-refractivity contribution in [2.45, 2.75) is 91.6 Å². The highest BCUT2D eigenvalue weighted by Crippen LogP contribution is 2.42. The highest BCUT2D eigenvalue weighted by Gasteiger charge is 2.38. The molecule has 0 saturated carbocycles. The number of unbranched alkanes of at least 4 members (excludes halogenated alkanes) is 2. The normalized spacial score (nSPS) is 15.5. The average Bonchev–Trinajstić information content (AvgIpc) is 3.51. The molecule has 2 aromatic rings. The molecule has 0 amide bonds. The molecule has 2 heterocycles. The molecule has 0 atom stereocenters. The summed E-state index contributed by atoms with van der Waals surface area (Å²) in [4.78, 5) is 8.49. The second kappa shape index (κ2) is 17.8. The highest BCUT2D eigenvalue weighted by atomic mass is 32.1. The van der Waals surface area contributed by atoms with Crippen molar-refractivity contribution in [2.24, 2.45) is 0 Å². The van der Waals surface area contributed by atoms with Gasteiger partial charge < -0.3 is 19.8 Å². The predicted octanol–water partition coefficient (Wildman–Crippen LogP) is 8.97. The number of nitrogens with zero attached hydrogens (tertiary/aromatic N) is 3. The summed E-state index contributed by atoms with van der Waals surface area (Å²) in [5.41, 5.74) is 5.98. The van der Waals surface area contributed by atoms with E-state index in [0.717, 1.165) is 68.4 Å². The van der Waals surface area contributed by atoms with Crippen LogP contribution in [0.1, 0.15) is 99.6 Å². The number of benzene rings is 1. The molecule has 0 radical (unpaired) electrons. The van der Waals surface area contributed by atoms with Crippen LogP contribution in [-0.4, -0.2) is 42.1 Å². The number of hydrogen-bond donors (Lipinski definition) is 2. The summed E-state index contributed by atoms with van der Waals surface area (Å²) in [6, 6.07) is 10.6. The summed E-state index contributed by atoms with van der Waals surface area (Å²) in [5, 5.41) is 28.1. The van der Waals surface area contributed by atoms with Crippen LogP contribution < -0.4 is 4.90 Å². The minimum absolute atomic E-state index is 0.151. The summed E-state index contributed by atoms with van der Waals surface area (Å²) in [6.45, 7) is 19.7. The van der Waals surface area contributed by atoms with E-state index in [4.69, 9.17) is 11.3 Å². The van der Waals surface area contributed by atoms with Crippen molar-refractivity contribution in [2.75, 3.05) is 31.2 Å². The smallest absolute Gasteiger partial charge is 0.236 e. The molecule has 1 aromatic heterocycles. The number of ether oxygens (including phenoxy) is 1. The lowest BCUT2D eigenvalue weighted by molar-refractivity contribution is 0.0948. The number of nitriles is 1. The first kappa shape index (κ1) is 35.9. The molecule has 1 aromatic carbocycles. The van der Waals surface area contributed by atoms with Gasteiger partial charge in [0.2, 0.25) is 5.70 Å². The van der Waals surface area contributed by atoms with Crippen LogP contribution in [0.3, 0.4) is 0 Å². The Kier molecular flexibility index (Phi) is 14.2. The van der Waals surface area contributed by atoms with E-state index >= 15 is 0 Å². The van der Waals surface area contributed by atoms with E-state index in [1.807, 2.05) is 19.9 Å². The maximum Gasteiger partial charge on any atom is 0.236 e. The maximum atomic E-state index is 9.47. The van der Waals surface area contributed by atoms with Crippen molar-refractivity contribution in [3.8, 4) is 6.07 Å². The van der Waals surface area contributed by atoms with Crippen LogP contribution in [0.5, 0.6) is 0 Å². The molecule has 2 N–H and O–H groups in total. The lowest BCUT2D eigenvalue weighted by atomic mass is 9.95. The molecule has 240 valence electrons. The standard InChI is InChI=1S/C38H49N3O3S/c1-7-9-13-31-32(14-10-8-2)35(22-20-33-36(40-6)37(28(3)27-39)44-38(33,4)5)45-34(31)21-17-29-15-18-30(19-16-29)41(23-11-25-42)24-12-26-43/h15-22,42-43H,7-14,23-26H2,1-5H3/b21-17+,22-20+,37-28+. The first-order valence-corrected chi connectivity index (χ1v) is 17.1. The Hall–Kier alpha value is -3.62. The van der Waals surface area contributed by atoms with E-state index < -0.39 is 5.60 Å². The predicted molar refractivity (Wildman–Crippen MR) is 189 cm³/mol. The quantitative estimate of drug-likeness (QED) is 0.135. The molecular weight excluding hydrogens is 579 g/mol. The molecule has 0 saturated heterocycles. The monoisotopic (exact) mass is 627 g/mol. The number of allylic oxidation sites excluding steroid dienone is 1. The minimum atomic E-state index is -0.698. The molecule has 0 aliphatic carbocycles. The lowest BCUT2D eigenvalue weighted by Gasteiger charge is -2.24. The van der Waals surface area contributed by atoms with E-state index in [9.17, 15) is 15.5 Å². The lowest BCUT2D eigenvalue weighted by Crippen LogP contribution is -2.26. The first-order chi connectivity index (χ1) is 21.7. The van der Waals surface area contributed by atoms with Gasteiger partial charge in [0.05, 0.1) is 18.2 Å². The fraction of sp³-hybridized carbons (Fsp3) is 0.474. The maximum absolute atomic E-state index is 9.47. The largest absolute Gasteiger partial charge is 0.494 e. The SMILES string of the molecule is [C-]#[N+]C1=C(/C=C/c2sc(/C=C/c3ccc(N(CCCO)CCCO)cc3)c(CCCC)c2CCCC)C(C)(C)O/C1=C(\C)C#N. The van der Waals surface area contributed by atoms with Crippen molar-refractivity contribution in [3.05, 3.63) is 90.8 Å². The summed E-state index contributed by atoms with van der Waals surface area (Å²) in [5.74, 6) is 0.387. The summed E-state index contributed by atoms with van der Waals surface area (Å²) in [7, 11) is 0.